The molecule has 3 aromatic rings. The first-order valence-corrected chi connectivity index (χ1v) is 13.7. The molecule has 5 rings (SSSR count). The van der Waals surface area contributed by atoms with Crippen LogP contribution in [0.4, 0.5) is 10.3 Å². The molecule has 1 atom stereocenters. The van der Waals surface area contributed by atoms with Crippen molar-refractivity contribution >= 4 is 23.7 Å². The molecule has 2 aliphatic rings. The van der Waals surface area contributed by atoms with Crippen LogP contribution in [0.1, 0.15) is 56.2 Å². The number of allylic oxidation sites excluding steroid dienone is 1. The fourth-order valence-electron chi connectivity index (χ4n) is 4.94. The lowest BCUT2D eigenvalue weighted by atomic mass is 9.94. The molecule has 38 heavy (non-hydrogen) atoms. The van der Waals surface area contributed by atoms with Gasteiger partial charge in [0.15, 0.2) is 11.5 Å². The van der Waals surface area contributed by atoms with Crippen molar-refractivity contribution in [1.82, 2.24) is 14.8 Å². The molecule has 1 N–H and O–H groups in total. The average molecular weight is 539 g/mol. The lowest BCUT2D eigenvalue weighted by Crippen LogP contribution is -2.32. The third-order valence-electron chi connectivity index (χ3n) is 6.92. The van der Waals surface area contributed by atoms with Gasteiger partial charge in [0.25, 0.3) is 0 Å². The van der Waals surface area contributed by atoms with Crippen molar-refractivity contribution in [2.45, 2.75) is 62.1 Å². The number of halogens is 1. The van der Waals surface area contributed by atoms with E-state index in [4.69, 9.17) is 19.3 Å². The number of thioether (sulfide) groups is 1. The van der Waals surface area contributed by atoms with Crippen LogP contribution in [0.2, 0.25) is 0 Å². The third-order valence-corrected chi connectivity index (χ3v) is 7.80. The van der Waals surface area contributed by atoms with Gasteiger partial charge in [-0.25, -0.2) is 13.9 Å². The van der Waals surface area contributed by atoms with Crippen LogP contribution < -0.4 is 14.8 Å². The highest BCUT2D eigenvalue weighted by Gasteiger charge is 2.37. The zero-order valence-electron chi connectivity index (χ0n) is 21.7. The molecule has 0 bridgehead atoms. The molecule has 8 nitrogen and oxygen atoms in total. The topological polar surface area (TPSA) is 87.5 Å². The molecule has 0 amide bonds. The van der Waals surface area contributed by atoms with Crippen molar-refractivity contribution in [2.75, 3.05) is 19.5 Å². The van der Waals surface area contributed by atoms with Gasteiger partial charge >= 0.3 is 5.97 Å². The first-order valence-electron chi connectivity index (χ1n) is 12.7. The summed E-state index contributed by atoms with van der Waals surface area (Å²) in [6, 6.07) is 11.6. The summed E-state index contributed by atoms with van der Waals surface area (Å²) >= 11 is 1.33. The highest BCUT2D eigenvalue weighted by molar-refractivity contribution is 7.98. The number of benzene rings is 2. The van der Waals surface area contributed by atoms with Crippen molar-refractivity contribution in [2.24, 2.45) is 0 Å². The van der Waals surface area contributed by atoms with Crippen molar-refractivity contribution < 1.29 is 23.4 Å². The Balaban J connectivity index is 1.50. The molecular formula is C28H31FN4O4S. The van der Waals surface area contributed by atoms with E-state index < -0.39 is 6.04 Å². The molecule has 1 fully saturated rings. The Bertz CT molecular complexity index is 1350. The van der Waals surface area contributed by atoms with Gasteiger partial charge in [0, 0.05) is 11.4 Å². The predicted molar refractivity (Wildman–Crippen MR) is 143 cm³/mol. The van der Waals surface area contributed by atoms with E-state index in [2.05, 4.69) is 10.3 Å². The predicted octanol–water partition coefficient (Wildman–Crippen LogP) is 5.89. The smallest absolute Gasteiger partial charge is 0.338 e. The van der Waals surface area contributed by atoms with Crippen LogP contribution in [-0.2, 0) is 15.3 Å². The number of fused-ring (bicyclic) bond motifs is 1. The van der Waals surface area contributed by atoms with E-state index in [0.717, 1.165) is 31.2 Å². The second kappa shape index (κ2) is 11.5. The van der Waals surface area contributed by atoms with Crippen LogP contribution in [0.5, 0.6) is 11.5 Å². The molecule has 1 aromatic heterocycles. The van der Waals surface area contributed by atoms with E-state index in [1.807, 2.05) is 19.1 Å². The number of hydrogen-bond donors (Lipinski definition) is 1. The fraction of sp³-hybridized carbons (Fsp3) is 0.393. The largest absolute Gasteiger partial charge is 0.493 e. The number of hydrogen-bond acceptors (Lipinski definition) is 8. The summed E-state index contributed by atoms with van der Waals surface area (Å²) in [6.07, 6.45) is 4.94. The molecule has 2 aromatic carbocycles. The van der Waals surface area contributed by atoms with Gasteiger partial charge in [-0.05, 0) is 61.9 Å². The fourth-order valence-corrected chi connectivity index (χ4v) is 5.76. The van der Waals surface area contributed by atoms with Crippen LogP contribution in [0.25, 0.3) is 0 Å². The molecule has 1 aliphatic heterocycles. The van der Waals surface area contributed by atoms with Gasteiger partial charge in [0.05, 0.1) is 19.8 Å². The average Bonchev–Trinajstić information content (AvgIpc) is 3.34. The van der Waals surface area contributed by atoms with Crippen LogP contribution in [0.3, 0.4) is 0 Å². The highest BCUT2D eigenvalue weighted by atomic mass is 32.2. The maximum Gasteiger partial charge on any atom is 0.338 e. The van der Waals surface area contributed by atoms with Crippen molar-refractivity contribution in [3.63, 3.8) is 0 Å². The summed E-state index contributed by atoms with van der Waals surface area (Å²) in [6.45, 7) is 1.84. The lowest BCUT2D eigenvalue weighted by Gasteiger charge is -2.30. The third kappa shape index (κ3) is 5.36. The number of rotatable bonds is 8. The number of methoxy groups -OCH3 is 2. The van der Waals surface area contributed by atoms with E-state index >= 15 is 0 Å². The number of carbonyl (C=O) groups excluding carboxylic acids is 1. The molecular weight excluding hydrogens is 507 g/mol. The Morgan fingerprint density at radius 3 is 2.61 bits per heavy atom. The van der Waals surface area contributed by atoms with E-state index in [9.17, 15) is 9.18 Å². The Kier molecular flexibility index (Phi) is 7.87. The first-order chi connectivity index (χ1) is 18.5. The van der Waals surface area contributed by atoms with Crippen LogP contribution in [-0.4, -0.2) is 41.1 Å². The summed E-state index contributed by atoms with van der Waals surface area (Å²) in [5, 5.41) is 8.44. The lowest BCUT2D eigenvalue weighted by molar-refractivity contribution is -0.146. The summed E-state index contributed by atoms with van der Waals surface area (Å²) in [5.74, 6) is 1.35. The van der Waals surface area contributed by atoms with Gasteiger partial charge in [-0.1, -0.05) is 42.4 Å². The normalized spacial score (nSPS) is 17.5. The highest BCUT2D eigenvalue weighted by Crippen LogP contribution is 2.40. The Labute approximate surface area is 225 Å². The number of esters is 1. The molecule has 0 spiro atoms. The minimum absolute atomic E-state index is 0.0911. The number of nitrogens with zero attached hydrogens (tertiary/aromatic N) is 3. The molecule has 1 aliphatic carbocycles. The maximum absolute atomic E-state index is 14.2. The molecule has 1 saturated carbocycles. The van der Waals surface area contributed by atoms with Crippen molar-refractivity contribution in [3.05, 3.63) is 70.7 Å². The number of anilines is 1. The Morgan fingerprint density at radius 1 is 1.11 bits per heavy atom. The first kappa shape index (κ1) is 26.1. The van der Waals surface area contributed by atoms with Gasteiger partial charge in [-0.3, -0.25) is 0 Å². The summed E-state index contributed by atoms with van der Waals surface area (Å²) in [5.41, 5.74) is 2.46. The molecule has 200 valence electrons. The van der Waals surface area contributed by atoms with Crippen molar-refractivity contribution in [1.29, 1.82) is 0 Å². The Morgan fingerprint density at radius 2 is 1.87 bits per heavy atom. The standard InChI is InChI=1S/C28H31FN4O4S/c1-17-24(26(34)37-20-10-5-4-6-11-20)25(18-13-14-22(35-2)23(15-18)36-3)33-27(30-17)31-28(32-33)38-16-19-9-7-8-12-21(19)29/h7-9,12-15,20,25H,4-6,10-11,16H2,1-3H3,(H,30,31,32). The van der Waals surface area contributed by atoms with Gasteiger partial charge in [-0.15, -0.1) is 5.10 Å². The minimum Gasteiger partial charge on any atom is -0.493 e. The molecule has 10 heteroatoms. The SMILES string of the molecule is COc1ccc(C2C(C(=O)OC3CCCCC3)=C(C)Nc3nc(SCc4ccccc4F)nn32)cc1OC. The van der Waals surface area contributed by atoms with E-state index in [0.29, 0.717) is 45.2 Å². The Hall–Kier alpha value is -3.53. The second-order valence-corrected chi connectivity index (χ2v) is 10.3. The van der Waals surface area contributed by atoms with Crippen LogP contribution in [0, 0.1) is 5.82 Å². The maximum atomic E-state index is 14.2. The van der Waals surface area contributed by atoms with Gasteiger partial charge in [0.2, 0.25) is 11.1 Å². The molecule has 1 unspecified atom stereocenters. The van der Waals surface area contributed by atoms with Gasteiger partial charge < -0.3 is 19.5 Å². The van der Waals surface area contributed by atoms with Gasteiger partial charge in [-0.2, -0.15) is 4.98 Å². The number of nitrogens with one attached hydrogen (secondary N) is 1. The zero-order chi connectivity index (χ0) is 26.6. The second-order valence-electron chi connectivity index (χ2n) is 9.39. The summed E-state index contributed by atoms with van der Waals surface area (Å²) in [7, 11) is 3.15. The quantitative estimate of drug-likeness (QED) is 0.281. The van der Waals surface area contributed by atoms with E-state index in [1.165, 1.54) is 24.2 Å². The monoisotopic (exact) mass is 538 g/mol. The zero-order valence-corrected chi connectivity index (χ0v) is 22.5. The van der Waals surface area contributed by atoms with Crippen LogP contribution in [0.15, 0.2) is 58.9 Å². The van der Waals surface area contributed by atoms with E-state index in [-0.39, 0.29) is 17.9 Å². The van der Waals surface area contributed by atoms with Gasteiger partial charge in [0.1, 0.15) is 18.0 Å². The van der Waals surface area contributed by atoms with Crippen LogP contribution >= 0.6 is 11.8 Å². The number of carbonyl (C=O) groups is 1. The summed E-state index contributed by atoms with van der Waals surface area (Å²) < 4.78 is 32.8. The molecule has 2 heterocycles. The summed E-state index contributed by atoms with van der Waals surface area (Å²) in [4.78, 5) is 18.3. The van der Waals surface area contributed by atoms with Crippen molar-refractivity contribution in [3.8, 4) is 11.5 Å². The molecule has 0 radical (unpaired) electrons. The van der Waals surface area contributed by atoms with E-state index in [1.54, 1.807) is 43.2 Å². The molecule has 0 saturated heterocycles. The number of aromatic nitrogens is 3. The minimum atomic E-state index is -0.600. The number of ether oxygens (including phenoxy) is 3.